The molecule has 0 saturated carbocycles. The van der Waals surface area contributed by atoms with Crippen LogP contribution in [-0.4, -0.2) is 11.8 Å². The molecule has 1 unspecified atom stereocenters. The van der Waals surface area contributed by atoms with Gasteiger partial charge in [-0.1, -0.05) is 43.7 Å². The van der Waals surface area contributed by atoms with Crippen LogP contribution in [0.15, 0.2) is 30.3 Å². The highest BCUT2D eigenvalue weighted by Gasteiger charge is 2.12. The predicted octanol–water partition coefficient (Wildman–Crippen LogP) is 4.05. The van der Waals surface area contributed by atoms with Gasteiger partial charge >= 0.3 is 0 Å². The second-order valence-corrected chi connectivity index (χ2v) is 4.84. The Kier molecular flexibility index (Phi) is 7.51. The molecule has 0 fully saturated rings. The van der Waals surface area contributed by atoms with Gasteiger partial charge in [-0.15, -0.1) is 11.6 Å². The van der Waals surface area contributed by atoms with Gasteiger partial charge in [0.25, 0.3) is 0 Å². The number of halogens is 1. The first-order valence-electron chi connectivity index (χ1n) is 6.68. The second-order valence-electron chi connectivity index (χ2n) is 4.47. The van der Waals surface area contributed by atoms with Crippen molar-refractivity contribution in [2.24, 2.45) is 0 Å². The molecule has 0 spiro atoms. The summed E-state index contributed by atoms with van der Waals surface area (Å²) < 4.78 is 0. The lowest BCUT2D eigenvalue weighted by Crippen LogP contribution is -2.28. The SMILES string of the molecule is CCCC(NC(=O)CCCCCl)c1ccccc1. The zero-order valence-electron chi connectivity index (χ0n) is 11.0. The molecule has 1 N–H and O–H groups in total. The molecule has 18 heavy (non-hydrogen) atoms. The van der Waals surface area contributed by atoms with Gasteiger partial charge in [-0.3, -0.25) is 4.79 Å². The van der Waals surface area contributed by atoms with Gasteiger partial charge in [0, 0.05) is 12.3 Å². The molecule has 1 amide bonds. The zero-order chi connectivity index (χ0) is 13.2. The largest absolute Gasteiger partial charge is 0.349 e. The number of rotatable bonds is 8. The van der Waals surface area contributed by atoms with E-state index in [1.165, 1.54) is 5.56 Å². The Morgan fingerprint density at radius 3 is 2.61 bits per heavy atom. The summed E-state index contributed by atoms with van der Waals surface area (Å²) in [7, 11) is 0. The fraction of sp³-hybridized carbons (Fsp3) is 0.533. The smallest absolute Gasteiger partial charge is 0.220 e. The summed E-state index contributed by atoms with van der Waals surface area (Å²) in [6, 6.07) is 10.3. The van der Waals surface area contributed by atoms with E-state index < -0.39 is 0 Å². The van der Waals surface area contributed by atoms with Crippen LogP contribution in [0.2, 0.25) is 0 Å². The number of hydrogen-bond acceptors (Lipinski definition) is 1. The molecule has 0 bridgehead atoms. The second kappa shape index (κ2) is 8.98. The molecule has 1 atom stereocenters. The normalized spacial score (nSPS) is 12.1. The Morgan fingerprint density at radius 2 is 2.00 bits per heavy atom. The van der Waals surface area contributed by atoms with E-state index in [9.17, 15) is 4.79 Å². The lowest BCUT2D eigenvalue weighted by Gasteiger charge is -2.18. The number of nitrogens with one attached hydrogen (secondary N) is 1. The molecule has 0 aliphatic heterocycles. The van der Waals surface area contributed by atoms with E-state index in [2.05, 4.69) is 24.4 Å². The molecule has 2 nitrogen and oxygen atoms in total. The van der Waals surface area contributed by atoms with Gasteiger partial charge in [0.15, 0.2) is 0 Å². The van der Waals surface area contributed by atoms with Gasteiger partial charge in [-0.25, -0.2) is 0 Å². The first-order chi connectivity index (χ1) is 8.77. The van der Waals surface area contributed by atoms with E-state index in [4.69, 9.17) is 11.6 Å². The lowest BCUT2D eigenvalue weighted by atomic mass is 10.0. The molecule has 0 radical (unpaired) electrons. The Bertz CT molecular complexity index is 340. The average Bonchev–Trinajstić information content (AvgIpc) is 2.39. The van der Waals surface area contributed by atoms with Gasteiger partial charge in [-0.2, -0.15) is 0 Å². The monoisotopic (exact) mass is 267 g/mol. The Hall–Kier alpha value is -1.02. The summed E-state index contributed by atoms with van der Waals surface area (Å²) in [5, 5.41) is 3.11. The molecule has 0 heterocycles. The minimum absolute atomic E-state index is 0.127. The Morgan fingerprint density at radius 1 is 1.28 bits per heavy atom. The highest BCUT2D eigenvalue weighted by Crippen LogP contribution is 2.18. The zero-order valence-corrected chi connectivity index (χ0v) is 11.7. The summed E-state index contributed by atoms with van der Waals surface area (Å²) >= 11 is 5.60. The van der Waals surface area contributed by atoms with E-state index in [-0.39, 0.29) is 11.9 Å². The number of benzene rings is 1. The molecule has 100 valence electrons. The lowest BCUT2D eigenvalue weighted by molar-refractivity contribution is -0.122. The third kappa shape index (κ3) is 5.54. The van der Waals surface area contributed by atoms with Gasteiger partial charge in [0.05, 0.1) is 6.04 Å². The van der Waals surface area contributed by atoms with Gasteiger partial charge < -0.3 is 5.32 Å². The molecule has 0 saturated heterocycles. The van der Waals surface area contributed by atoms with Crippen molar-refractivity contribution in [3.05, 3.63) is 35.9 Å². The van der Waals surface area contributed by atoms with Gasteiger partial charge in [-0.05, 0) is 24.8 Å². The number of unbranched alkanes of at least 4 members (excludes halogenated alkanes) is 1. The number of carbonyl (C=O) groups is 1. The van der Waals surface area contributed by atoms with E-state index in [1.54, 1.807) is 0 Å². The maximum absolute atomic E-state index is 11.8. The summed E-state index contributed by atoms with van der Waals surface area (Å²) in [6.45, 7) is 2.13. The maximum atomic E-state index is 11.8. The fourth-order valence-corrected chi connectivity index (χ4v) is 2.13. The maximum Gasteiger partial charge on any atom is 0.220 e. The van der Waals surface area contributed by atoms with Crippen molar-refractivity contribution in [2.75, 3.05) is 5.88 Å². The van der Waals surface area contributed by atoms with Crippen LogP contribution < -0.4 is 5.32 Å². The fourth-order valence-electron chi connectivity index (χ4n) is 1.94. The quantitative estimate of drug-likeness (QED) is 0.559. The Balaban J connectivity index is 2.50. The molecule has 1 rings (SSSR count). The van der Waals surface area contributed by atoms with Crippen LogP contribution in [0.4, 0.5) is 0 Å². The van der Waals surface area contributed by atoms with Crippen molar-refractivity contribution in [3.8, 4) is 0 Å². The summed E-state index contributed by atoms with van der Waals surface area (Å²) in [4.78, 5) is 11.8. The minimum Gasteiger partial charge on any atom is -0.349 e. The van der Waals surface area contributed by atoms with Crippen molar-refractivity contribution in [1.82, 2.24) is 5.32 Å². The van der Waals surface area contributed by atoms with E-state index in [1.807, 2.05) is 18.2 Å². The van der Waals surface area contributed by atoms with Crippen LogP contribution >= 0.6 is 11.6 Å². The minimum atomic E-state index is 0.127. The van der Waals surface area contributed by atoms with Gasteiger partial charge in [0.1, 0.15) is 0 Å². The molecule has 0 aromatic heterocycles. The number of hydrogen-bond donors (Lipinski definition) is 1. The molecular weight excluding hydrogens is 246 g/mol. The first-order valence-corrected chi connectivity index (χ1v) is 7.21. The van der Waals surface area contributed by atoms with Crippen LogP contribution in [0.1, 0.15) is 50.6 Å². The highest BCUT2D eigenvalue weighted by atomic mass is 35.5. The van der Waals surface area contributed by atoms with Crippen molar-refractivity contribution in [1.29, 1.82) is 0 Å². The Labute approximate surface area is 115 Å². The van der Waals surface area contributed by atoms with E-state index in [0.29, 0.717) is 12.3 Å². The van der Waals surface area contributed by atoms with Crippen molar-refractivity contribution in [3.63, 3.8) is 0 Å². The number of carbonyl (C=O) groups excluding carboxylic acids is 1. The molecule has 0 aliphatic rings. The van der Waals surface area contributed by atoms with Crippen LogP contribution in [0.3, 0.4) is 0 Å². The molecular formula is C15H22ClNO. The molecule has 3 heteroatoms. The predicted molar refractivity (Wildman–Crippen MR) is 76.8 cm³/mol. The molecule has 0 aliphatic carbocycles. The third-order valence-corrected chi connectivity index (χ3v) is 3.17. The van der Waals surface area contributed by atoms with E-state index >= 15 is 0 Å². The van der Waals surface area contributed by atoms with Crippen LogP contribution in [0.25, 0.3) is 0 Å². The van der Waals surface area contributed by atoms with Crippen molar-refractivity contribution >= 4 is 17.5 Å². The topological polar surface area (TPSA) is 29.1 Å². The summed E-state index contributed by atoms with van der Waals surface area (Å²) in [5.41, 5.74) is 1.19. The van der Waals surface area contributed by atoms with Crippen molar-refractivity contribution in [2.45, 2.75) is 45.1 Å². The standard InChI is InChI=1S/C15H22ClNO/c1-2-8-14(13-9-4-3-5-10-13)17-15(18)11-6-7-12-16/h3-5,9-10,14H,2,6-8,11-12H2,1H3,(H,17,18). The summed E-state index contributed by atoms with van der Waals surface area (Å²) in [6.07, 6.45) is 4.37. The third-order valence-electron chi connectivity index (χ3n) is 2.90. The van der Waals surface area contributed by atoms with Crippen molar-refractivity contribution < 1.29 is 4.79 Å². The van der Waals surface area contributed by atoms with Crippen LogP contribution in [-0.2, 0) is 4.79 Å². The number of amides is 1. The van der Waals surface area contributed by atoms with E-state index in [0.717, 1.165) is 25.7 Å². The highest BCUT2D eigenvalue weighted by molar-refractivity contribution is 6.17. The van der Waals surface area contributed by atoms with Crippen LogP contribution in [0, 0.1) is 0 Å². The summed E-state index contributed by atoms with van der Waals surface area (Å²) in [5.74, 6) is 0.757. The molecule has 1 aromatic carbocycles. The average molecular weight is 268 g/mol. The number of alkyl halides is 1. The van der Waals surface area contributed by atoms with Gasteiger partial charge in [0.2, 0.25) is 5.91 Å². The molecule has 1 aromatic rings. The first kappa shape index (κ1) is 15.0. The van der Waals surface area contributed by atoms with Crippen LogP contribution in [0.5, 0.6) is 0 Å².